The molecule has 26 heavy (non-hydrogen) atoms. The van der Waals surface area contributed by atoms with E-state index >= 15 is 0 Å². The molecule has 5 nitrogen and oxygen atoms in total. The van der Waals surface area contributed by atoms with E-state index < -0.39 is 17.8 Å². The quantitative estimate of drug-likeness (QED) is 0.663. The largest absolute Gasteiger partial charge is 0.416 e. The molecule has 0 aliphatic heterocycles. The van der Waals surface area contributed by atoms with E-state index in [1.807, 2.05) is 0 Å². The molecule has 0 amide bonds. The molecule has 0 fully saturated rings. The molecule has 0 saturated heterocycles. The van der Waals surface area contributed by atoms with E-state index in [1.165, 1.54) is 23.0 Å². The third-order valence-corrected chi connectivity index (χ3v) is 4.41. The van der Waals surface area contributed by atoms with E-state index in [2.05, 4.69) is 15.1 Å². The van der Waals surface area contributed by atoms with Crippen LogP contribution in [0.25, 0.3) is 11.3 Å². The number of rotatable bonds is 3. The van der Waals surface area contributed by atoms with Crippen molar-refractivity contribution in [3.63, 3.8) is 0 Å². The number of benzene rings is 1. The van der Waals surface area contributed by atoms with Crippen molar-refractivity contribution in [1.29, 1.82) is 0 Å². The monoisotopic (exact) mass is 402 g/mol. The summed E-state index contributed by atoms with van der Waals surface area (Å²) >= 11 is 12.0. The minimum atomic E-state index is -4.43. The lowest BCUT2D eigenvalue weighted by molar-refractivity contribution is -0.137. The molecule has 0 radical (unpaired) electrons. The summed E-state index contributed by atoms with van der Waals surface area (Å²) < 4.78 is 39.7. The molecule has 1 aromatic carbocycles. The smallest absolute Gasteiger partial charge is 0.383 e. The van der Waals surface area contributed by atoms with Crippen LogP contribution < -0.4 is 0 Å². The van der Waals surface area contributed by atoms with Crippen LogP contribution in [0.1, 0.15) is 22.8 Å². The summed E-state index contributed by atoms with van der Waals surface area (Å²) in [7, 11) is 1.61. The fraction of sp³-hybridized carbons (Fsp3) is 0.188. The number of hydrogen-bond donors (Lipinski definition) is 1. The zero-order chi connectivity index (χ0) is 19.1. The zero-order valence-corrected chi connectivity index (χ0v) is 14.7. The highest BCUT2D eigenvalue weighted by Gasteiger charge is 2.30. The Bertz CT molecular complexity index is 921. The van der Waals surface area contributed by atoms with Crippen LogP contribution in [0.4, 0.5) is 13.2 Å². The molecule has 0 saturated carbocycles. The Morgan fingerprint density at radius 2 is 1.65 bits per heavy atom. The molecular weight excluding hydrogens is 392 g/mol. The molecule has 1 N–H and O–H groups in total. The van der Waals surface area contributed by atoms with E-state index in [4.69, 9.17) is 23.2 Å². The Morgan fingerprint density at radius 1 is 1.08 bits per heavy atom. The van der Waals surface area contributed by atoms with Crippen molar-refractivity contribution in [1.82, 2.24) is 19.7 Å². The molecule has 2 heterocycles. The summed E-state index contributed by atoms with van der Waals surface area (Å²) in [6, 6.07) is 4.54. The maximum Gasteiger partial charge on any atom is 0.416 e. The average Bonchev–Trinajstić information content (AvgIpc) is 2.95. The van der Waals surface area contributed by atoms with Gasteiger partial charge in [0.05, 0.1) is 23.0 Å². The van der Waals surface area contributed by atoms with Crippen molar-refractivity contribution >= 4 is 23.2 Å². The predicted molar refractivity (Wildman–Crippen MR) is 89.8 cm³/mol. The van der Waals surface area contributed by atoms with Gasteiger partial charge in [-0.3, -0.25) is 4.68 Å². The van der Waals surface area contributed by atoms with Crippen LogP contribution in [-0.4, -0.2) is 24.9 Å². The number of aryl methyl sites for hydroxylation is 1. The lowest BCUT2D eigenvalue weighted by Gasteiger charge is -2.15. The first-order chi connectivity index (χ1) is 12.2. The maximum absolute atomic E-state index is 12.8. The Morgan fingerprint density at radius 3 is 2.19 bits per heavy atom. The molecule has 0 spiro atoms. The minimum absolute atomic E-state index is 0.0280. The summed E-state index contributed by atoms with van der Waals surface area (Å²) in [4.78, 5) is 7.58. The number of halogens is 5. The lowest BCUT2D eigenvalue weighted by Crippen LogP contribution is -2.07. The fourth-order valence-electron chi connectivity index (χ4n) is 2.56. The van der Waals surface area contributed by atoms with E-state index in [0.717, 1.165) is 18.5 Å². The Hall–Kier alpha value is -2.16. The van der Waals surface area contributed by atoms with Gasteiger partial charge in [-0.15, -0.1) is 0 Å². The number of aliphatic hydroxyl groups is 1. The van der Waals surface area contributed by atoms with Gasteiger partial charge in [-0.25, -0.2) is 9.97 Å². The van der Waals surface area contributed by atoms with Crippen molar-refractivity contribution in [3.8, 4) is 11.3 Å². The van der Waals surface area contributed by atoms with Crippen LogP contribution >= 0.6 is 23.2 Å². The van der Waals surface area contributed by atoms with Crippen molar-refractivity contribution in [3.05, 3.63) is 63.8 Å². The predicted octanol–water partition coefficient (Wildman–Crippen LogP) is 4.28. The highest BCUT2D eigenvalue weighted by Crippen LogP contribution is 2.37. The average molecular weight is 403 g/mol. The van der Waals surface area contributed by atoms with Crippen LogP contribution in [-0.2, 0) is 13.2 Å². The van der Waals surface area contributed by atoms with Gasteiger partial charge < -0.3 is 5.11 Å². The SMILES string of the molecule is Cn1ncc([C@@H](O)c2c(Cl)ncnc2Cl)c1-c1ccc(C(F)(F)F)cc1. The molecular formula is C16H11Cl2F3N4O. The van der Waals surface area contributed by atoms with Crippen LogP contribution in [0.3, 0.4) is 0 Å². The van der Waals surface area contributed by atoms with Gasteiger partial charge in [-0.2, -0.15) is 18.3 Å². The number of aromatic nitrogens is 4. The van der Waals surface area contributed by atoms with Gasteiger partial charge in [0, 0.05) is 18.2 Å². The highest BCUT2D eigenvalue weighted by atomic mass is 35.5. The first-order valence-electron chi connectivity index (χ1n) is 7.23. The summed E-state index contributed by atoms with van der Waals surface area (Å²) in [6.45, 7) is 0. The Balaban J connectivity index is 2.07. The van der Waals surface area contributed by atoms with Gasteiger partial charge in [-0.1, -0.05) is 35.3 Å². The summed E-state index contributed by atoms with van der Waals surface area (Å²) in [5.74, 6) is 0. The van der Waals surface area contributed by atoms with Crippen LogP contribution in [0.2, 0.25) is 10.3 Å². The van der Waals surface area contributed by atoms with E-state index in [1.54, 1.807) is 7.05 Å². The second-order valence-electron chi connectivity index (χ2n) is 5.42. The van der Waals surface area contributed by atoms with Gasteiger partial charge in [-0.05, 0) is 12.1 Å². The molecule has 0 unspecified atom stereocenters. The topological polar surface area (TPSA) is 63.8 Å². The molecule has 10 heteroatoms. The first-order valence-corrected chi connectivity index (χ1v) is 7.99. The molecule has 0 aliphatic rings. The number of alkyl halides is 3. The van der Waals surface area contributed by atoms with Crippen molar-refractivity contribution in [2.75, 3.05) is 0 Å². The lowest BCUT2D eigenvalue weighted by atomic mass is 9.99. The fourth-order valence-corrected chi connectivity index (χ4v) is 3.08. The molecule has 3 rings (SSSR count). The first kappa shape index (κ1) is 18.6. The maximum atomic E-state index is 12.8. The van der Waals surface area contributed by atoms with Crippen LogP contribution in [0.15, 0.2) is 36.8 Å². The third kappa shape index (κ3) is 3.40. The van der Waals surface area contributed by atoms with Gasteiger partial charge in [0.2, 0.25) is 0 Å². The van der Waals surface area contributed by atoms with E-state index in [0.29, 0.717) is 16.8 Å². The second kappa shape index (κ2) is 6.86. The molecule has 0 bridgehead atoms. The van der Waals surface area contributed by atoms with Gasteiger partial charge >= 0.3 is 6.18 Å². The highest BCUT2D eigenvalue weighted by molar-refractivity contribution is 6.34. The zero-order valence-electron chi connectivity index (χ0n) is 13.2. The summed E-state index contributed by atoms with van der Waals surface area (Å²) in [5, 5.41) is 14.7. The number of nitrogens with zero attached hydrogens (tertiary/aromatic N) is 4. The van der Waals surface area contributed by atoms with Crippen molar-refractivity contribution in [2.24, 2.45) is 7.05 Å². The molecule has 3 aromatic rings. The van der Waals surface area contributed by atoms with Crippen molar-refractivity contribution < 1.29 is 18.3 Å². The van der Waals surface area contributed by atoms with Crippen molar-refractivity contribution in [2.45, 2.75) is 12.3 Å². The van der Waals surface area contributed by atoms with Crippen LogP contribution in [0, 0.1) is 0 Å². The molecule has 136 valence electrons. The minimum Gasteiger partial charge on any atom is -0.383 e. The van der Waals surface area contributed by atoms with Crippen LogP contribution in [0.5, 0.6) is 0 Å². The summed E-state index contributed by atoms with van der Waals surface area (Å²) in [5.41, 5.74) is 0.495. The Labute approximate surface area is 156 Å². The standard InChI is InChI=1S/C16H11Cl2F3N4O/c1-25-12(8-2-4-9(5-3-8)16(19,20)21)10(6-24-25)13(26)11-14(17)22-7-23-15(11)18/h2-7,13,26H,1H3/t13-/m1/s1. The van der Waals surface area contributed by atoms with E-state index in [-0.39, 0.29) is 15.9 Å². The number of aliphatic hydroxyl groups excluding tert-OH is 1. The second-order valence-corrected chi connectivity index (χ2v) is 6.13. The summed E-state index contributed by atoms with van der Waals surface area (Å²) in [6.07, 6.45) is -3.20. The molecule has 0 aliphatic carbocycles. The molecule has 2 aromatic heterocycles. The van der Waals surface area contributed by atoms with E-state index in [9.17, 15) is 18.3 Å². The number of hydrogen-bond acceptors (Lipinski definition) is 4. The third-order valence-electron chi connectivity index (χ3n) is 3.81. The normalized spacial score (nSPS) is 13.0. The van der Waals surface area contributed by atoms with Gasteiger partial charge in [0.15, 0.2) is 0 Å². The Kier molecular flexibility index (Phi) is 4.92. The molecule has 1 atom stereocenters. The van der Waals surface area contributed by atoms with Gasteiger partial charge in [0.1, 0.15) is 22.7 Å². The van der Waals surface area contributed by atoms with Gasteiger partial charge in [0.25, 0.3) is 0 Å².